The van der Waals surface area contributed by atoms with Crippen LogP contribution in [0.5, 0.6) is 0 Å². The van der Waals surface area contributed by atoms with Gasteiger partial charge in [-0.25, -0.2) is 0 Å². The van der Waals surface area contributed by atoms with Crippen molar-refractivity contribution in [3.8, 4) is 11.4 Å². The zero-order chi connectivity index (χ0) is 16.4. The van der Waals surface area contributed by atoms with Crippen molar-refractivity contribution in [3.05, 3.63) is 71.6 Å². The van der Waals surface area contributed by atoms with Crippen LogP contribution in [0.1, 0.15) is 35.8 Å². The fraction of sp³-hybridized carbons (Fsp3) is 0.300. The van der Waals surface area contributed by atoms with E-state index in [1.165, 1.54) is 30.4 Å². The smallest absolute Gasteiger partial charge is 0.151 e. The van der Waals surface area contributed by atoms with Crippen molar-refractivity contribution in [1.82, 2.24) is 15.0 Å². The second-order valence-corrected chi connectivity index (χ2v) is 6.42. The summed E-state index contributed by atoms with van der Waals surface area (Å²) in [6.07, 6.45) is 5.39. The first-order valence-corrected chi connectivity index (χ1v) is 8.46. The van der Waals surface area contributed by atoms with Gasteiger partial charge in [-0.05, 0) is 49.6 Å². The second kappa shape index (κ2) is 6.57. The van der Waals surface area contributed by atoms with E-state index in [1.807, 2.05) is 24.3 Å². The minimum Gasteiger partial charge on any atom is -0.359 e. The summed E-state index contributed by atoms with van der Waals surface area (Å²) in [5.74, 6) is 0.876. The number of benzene rings is 1. The van der Waals surface area contributed by atoms with Gasteiger partial charge in [0, 0.05) is 18.3 Å². The highest BCUT2D eigenvalue weighted by Crippen LogP contribution is 2.34. The van der Waals surface area contributed by atoms with Gasteiger partial charge in [0.15, 0.2) is 5.76 Å². The fourth-order valence-corrected chi connectivity index (χ4v) is 3.56. The molecule has 0 saturated carbocycles. The summed E-state index contributed by atoms with van der Waals surface area (Å²) in [6.45, 7) is 0.749. The largest absolute Gasteiger partial charge is 0.359 e. The SMILES string of the molecule is CN(Cc1cc(-c2ccccn2)no1)[C@H]1CCCc2ccccc21. The standard InChI is InChI=1S/C20H21N3O/c1-23(20-11-6-8-15-7-2-3-9-17(15)20)14-16-13-19(22-24-16)18-10-4-5-12-21-18/h2-5,7,9-10,12-13,20H,6,8,11,14H2,1H3/t20-/m0/s1. The molecule has 0 saturated heterocycles. The predicted octanol–water partition coefficient (Wildman–Crippen LogP) is 4.25. The van der Waals surface area contributed by atoms with E-state index in [1.54, 1.807) is 6.20 Å². The maximum atomic E-state index is 5.54. The molecule has 3 aromatic rings. The average Bonchev–Trinajstić information content (AvgIpc) is 3.10. The monoisotopic (exact) mass is 319 g/mol. The number of hydrogen-bond acceptors (Lipinski definition) is 4. The summed E-state index contributed by atoms with van der Waals surface area (Å²) in [5.41, 5.74) is 4.57. The fourth-order valence-electron chi connectivity index (χ4n) is 3.56. The van der Waals surface area contributed by atoms with Crippen LogP contribution >= 0.6 is 0 Å². The van der Waals surface area contributed by atoms with Crippen molar-refractivity contribution >= 4 is 0 Å². The molecule has 1 aromatic carbocycles. The molecule has 0 N–H and O–H groups in total. The molecule has 4 heteroatoms. The highest BCUT2D eigenvalue weighted by Gasteiger charge is 2.24. The number of rotatable bonds is 4. The molecule has 0 bridgehead atoms. The lowest BCUT2D eigenvalue weighted by Gasteiger charge is -2.32. The lowest BCUT2D eigenvalue weighted by atomic mass is 9.87. The molecule has 1 aliphatic rings. The molecule has 0 radical (unpaired) electrons. The van der Waals surface area contributed by atoms with E-state index < -0.39 is 0 Å². The molecule has 0 aliphatic heterocycles. The molecule has 1 aliphatic carbocycles. The highest BCUT2D eigenvalue weighted by atomic mass is 16.5. The van der Waals surface area contributed by atoms with E-state index in [-0.39, 0.29) is 0 Å². The van der Waals surface area contributed by atoms with Gasteiger partial charge in [0.25, 0.3) is 0 Å². The van der Waals surface area contributed by atoms with E-state index in [2.05, 4.69) is 46.4 Å². The first kappa shape index (κ1) is 15.1. The highest BCUT2D eigenvalue weighted by molar-refractivity contribution is 5.53. The molecular formula is C20H21N3O. The van der Waals surface area contributed by atoms with Crippen LogP contribution in [0.25, 0.3) is 11.4 Å². The Bertz CT molecular complexity index is 813. The van der Waals surface area contributed by atoms with Crippen molar-refractivity contribution in [2.45, 2.75) is 31.8 Å². The lowest BCUT2D eigenvalue weighted by Crippen LogP contribution is -2.27. The number of hydrogen-bond donors (Lipinski definition) is 0. The Morgan fingerprint density at radius 3 is 2.88 bits per heavy atom. The Hall–Kier alpha value is -2.46. The molecule has 0 fully saturated rings. The van der Waals surface area contributed by atoms with Crippen molar-refractivity contribution < 1.29 is 4.52 Å². The maximum Gasteiger partial charge on any atom is 0.151 e. The van der Waals surface area contributed by atoms with Gasteiger partial charge in [0.05, 0.1) is 12.2 Å². The van der Waals surface area contributed by atoms with Crippen molar-refractivity contribution in [1.29, 1.82) is 0 Å². The summed E-state index contributed by atoms with van der Waals surface area (Å²) in [4.78, 5) is 6.69. The predicted molar refractivity (Wildman–Crippen MR) is 93.3 cm³/mol. The third-order valence-corrected chi connectivity index (χ3v) is 4.76. The second-order valence-electron chi connectivity index (χ2n) is 6.42. The Balaban J connectivity index is 1.51. The van der Waals surface area contributed by atoms with E-state index in [9.17, 15) is 0 Å². The Labute approximate surface area is 142 Å². The van der Waals surface area contributed by atoms with Crippen LogP contribution in [0.15, 0.2) is 59.3 Å². The minimum absolute atomic E-state index is 0.443. The quantitative estimate of drug-likeness (QED) is 0.721. The molecular weight excluding hydrogens is 298 g/mol. The van der Waals surface area contributed by atoms with Gasteiger partial charge in [-0.15, -0.1) is 0 Å². The van der Waals surface area contributed by atoms with Crippen LogP contribution in [-0.4, -0.2) is 22.1 Å². The van der Waals surface area contributed by atoms with Crippen LogP contribution in [0, 0.1) is 0 Å². The molecule has 24 heavy (non-hydrogen) atoms. The number of aryl methyl sites for hydroxylation is 1. The van der Waals surface area contributed by atoms with Crippen molar-refractivity contribution in [3.63, 3.8) is 0 Å². The number of fused-ring (bicyclic) bond motifs is 1. The zero-order valence-electron chi connectivity index (χ0n) is 13.9. The average molecular weight is 319 g/mol. The van der Waals surface area contributed by atoms with Crippen LogP contribution in [0.2, 0.25) is 0 Å². The molecule has 0 spiro atoms. The summed E-state index contributed by atoms with van der Waals surface area (Å²) >= 11 is 0. The Kier molecular flexibility index (Phi) is 4.13. The van der Waals surface area contributed by atoms with Gasteiger partial charge in [-0.1, -0.05) is 35.5 Å². The van der Waals surface area contributed by atoms with Gasteiger partial charge >= 0.3 is 0 Å². The van der Waals surface area contributed by atoms with Gasteiger partial charge in [-0.3, -0.25) is 9.88 Å². The number of nitrogens with zero attached hydrogens (tertiary/aromatic N) is 3. The topological polar surface area (TPSA) is 42.2 Å². The van der Waals surface area contributed by atoms with Crippen molar-refractivity contribution in [2.24, 2.45) is 0 Å². The molecule has 2 heterocycles. The van der Waals surface area contributed by atoms with Gasteiger partial charge in [-0.2, -0.15) is 0 Å². The molecule has 122 valence electrons. The summed E-state index contributed by atoms with van der Waals surface area (Å²) < 4.78 is 5.54. The van der Waals surface area contributed by atoms with E-state index >= 15 is 0 Å². The van der Waals surface area contributed by atoms with E-state index in [4.69, 9.17) is 4.52 Å². The summed E-state index contributed by atoms with van der Waals surface area (Å²) in [6, 6.07) is 17.0. The van der Waals surface area contributed by atoms with E-state index in [0.29, 0.717) is 6.04 Å². The van der Waals surface area contributed by atoms with Crippen LogP contribution in [-0.2, 0) is 13.0 Å². The van der Waals surface area contributed by atoms with Crippen molar-refractivity contribution in [2.75, 3.05) is 7.05 Å². The Morgan fingerprint density at radius 1 is 1.12 bits per heavy atom. The molecule has 0 unspecified atom stereocenters. The minimum atomic E-state index is 0.443. The lowest BCUT2D eigenvalue weighted by molar-refractivity contribution is 0.190. The van der Waals surface area contributed by atoms with Gasteiger partial charge < -0.3 is 4.52 Å². The van der Waals surface area contributed by atoms with Crippen LogP contribution < -0.4 is 0 Å². The number of aromatic nitrogens is 2. The Morgan fingerprint density at radius 2 is 2.00 bits per heavy atom. The maximum absolute atomic E-state index is 5.54. The third-order valence-electron chi connectivity index (χ3n) is 4.76. The van der Waals surface area contributed by atoms with Crippen LogP contribution in [0.4, 0.5) is 0 Å². The summed E-state index contributed by atoms with van der Waals surface area (Å²) in [5, 5.41) is 4.16. The molecule has 4 nitrogen and oxygen atoms in total. The van der Waals surface area contributed by atoms with E-state index in [0.717, 1.165) is 23.7 Å². The van der Waals surface area contributed by atoms with Gasteiger partial charge in [0.2, 0.25) is 0 Å². The first-order valence-electron chi connectivity index (χ1n) is 8.46. The molecule has 2 aromatic heterocycles. The molecule has 0 amide bonds. The molecule has 1 atom stereocenters. The summed E-state index contributed by atoms with van der Waals surface area (Å²) in [7, 11) is 2.16. The third kappa shape index (κ3) is 2.97. The van der Waals surface area contributed by atoms with Gasteiger partial charge in [0.1, 0.15) is 5.69 Å². The van der Waals surface area contributed by atoms with Crippen LogP contribution in [0.3, 0.4) is 0 Å². The zero-order valence-corrected chi connectivity index (χ0v) is 13.9. The molecule has 4 rings (SSSR count). The normalized spacial score (nSPS) is 17.0. The number of pyridine rings is 1. The first-order chi connectivity index (χ1) is 11.8.